The fourth-order valence-corrected chi connectivity index (χ4v) is 4.01. The summed E-state index contributed by atoms with van der Waals surface area (Å²) in [4.78, 5) is 3.34. The Morgan fingerprint density at radius 3 is 2.52 bits per heavy atom. The number of nitrogens with zero attached hydrogens (tertiary/aromatic N) is 1. The molecule has 0 saturated carbocycles. The predicted molar refractivity (Wildman–Crippen MR) is 87.7 cm³/mol. The second-order valence-corrected chi connectivity index (χ2v) is 6.62. The predicted octanol–water partition coefficient (Wildman–Crippen LogP) is 4.09. The Kier molecular flexibility index (Phi) is 3.02. The lowest BCUT2D eigenvalue weighted by atomic mass is 9.66. The molecule has 0 amide bonds. The number of benzene rings is 2. The van der Waals surface area contributed by atoms with Crippen LogP contribution in [0.5, 0.6) is 11.5 Å². The Hall–Kier alpha value is -1.45. The normalized spacial score (nSPS) is 19.7. The van der Waals surface area contributed by atoms with Crippen LogP contribution in [0.4, 0.5) is 0 Å². The Bertz CT molecular complexity index is 689. The molecular weight excluding hydrogens is 278 g/mol. The van der Waals surface area contributed by atoms with Crippen LogP contribution in [0.1, 0.15) is 24.0 Å². The van der Waals surface area contributed by atoms with E-state index in [9.17, 15) is 0 Å². The zero-order valence-corrected chi connectivity index (χ0v) is 13.1. The first-order valence-electron chi connectivity index (χ1n) is 7.49. The number of ether oxygens (including phenoxy) is 1. The highest BCUT2D eigenvalue weighted by molar-refractivity contribution is 7.80. The van der Waals surface area contributed by atoms with E-state index in [-0.39, 0.29) is 5.41 Å². The van der Waals surface area contributed by atoms with Crippen molar-refractivity contribution in [3.8, 4) is 11.5 Å². The maximum absolute atomic E-state index is 6.17. The van der Waals surface area contributed by atoms with Gasteiger partial charge in [-0.25, -0.2) is 0 Å². The van der Waals surface area contributed by atoms with Crippen LogP contribution < -0.4 is 4.74 Å². The summed E-state index contributed by atoms with van der Waals surface area (Å²) < 4.78 is 6.17. The Balaban J connectivity index is 1.95. The molecule has 0 N–H and O–H groups in total. The number of hydrogen-bond acceptors (Lipinski definition) is 3. The van der Waals surface area contributed by atoms with E-state index in [1.54, 1.807) is 0 Å². The molecule has 2 aromatic rings. The van der Waals surface area contributed by atoms with E-state index in [0.717, 1.165) is 42.3 Å². The summed E-state index contributed by atoms with van der Waals surface area (Å²) >= 11 is 4.61. The van der Waals surface area contributed by atoms with E-state index >= 15 is 0 Å². The minimum absolute atomic E-state index is 0.0788. The average Bonchev–Trinajstić information content (AvgIpc) is 2.51. The molecule has 2 aliphatic rings. The molecule has 108 valence electrons. The molecule has 0 aliphatic carbocycles. The van der Waals surface area contributed by atoms with Gasteiger partial charge >= 0.3 is 0 Å². The highest BCUT2D eigenvalue weighted by atomic mass is 32.1. The lowest BCUT2D eigenvalue weighted by Gasteiger charge is -2.45. The topological polar surface area (TPSA) is 12.5 Å². The number of thiol groups is 1. The third kappa shape index (κ3) is 1.91. The summed E-state index contributed by atoms with van der Waals surface area (Å²) in [5.41, 5.74) is 2.72. The molecule has 1 spiro atoms. The maximum Gasteiger partial charge on any atom is 0.144 e. The second-order valence-electron chi connectivity index (χ2n) is 6.14. The summed E-state index contributed by atoms with van der Waals surface area (Å²) in [6.45, 7) is 2.23. The van der Waals surface area contributed by atoms with Gasteiger partial charge in [-0.1, -0.05) is 30.3 Å². The highest BCUT2D eigenvalue weighted by Crippen LogP contribution is 2.54. The molecular formula is C18H19NOS. The molecule has 0 bridgehead atoms. The number of hydrogen-bond donors (Lipinski definition) is 1. The first-order chi connectivity index (χ1) is 10.2. The number of para-hydroxylation sites is 2. The average molecular weight is 297 g/mol. The van der Waals surface area contributed by atoms with Gasteiger partial charge in [0, 0.05) is 21.4 Å². The van der Waals surface area contributed by atoms with Crippen LogP contribution in [0.2, 0.25) is 0 Å². The minimum Gasteiger partial charge on any atom is -0.456 e. The van der Waals surface area contributed by atoms with Gasteiger partial charge in [-0.05, 0) is 45.1 Å². The minimum atomic E-state index is 0.0788. The first kappa shape index (κ1) is 13.2. The lowest BCUT2D eigenvalue weighted by Crippen LogP contribution is -2.43. The maximum atomic E-state index is 6.17. The number of rotatable bonds is 0. The zero-order valence-electron chi connectivity index (χ0n) is 12.2. The van der Waals surface area contributed by atoms with Crippen molar-refractivity contribution in [2.24, 2.45) is 0 Å². The van der Waals surface area contributed by atoms with Gasteiger partial charge in [-0.3, -0.25) is 0 Å². The third-order valence-corrected chi connectivity index (χ3v) is 5.32. The molecule has 3 heteroatoms. The van der Waals surface area contributed by atoms with Gasteiger partial charge in [0.15, 0.2) is 0 Å². The monoisotopic (exact) mass is 297 g/mol. The molecule has 0 atom stereocenters. The highest BCUT2D eigenvalue weighted by Gasteiger charge is 2.44. The van der Waals surface area contributed by atoms with E-state index < -0.39 is 0 Å². The zero-order chi connectivity index (χ0) is 14.4. The van der Waals surface area contributed by atoms with Crippen molar-refractivity contribution in [3.63, 3.8) is 0 Å². The van der Waals surface area contributed by atoms with E-state index in [1.165, 1.54) is 11.1 Å². The van der Waals surface area contributed by atoms with Gasteiger partial charge in [-0.15, -0.1) is 12.6 Å². The smallest absolute Gasteiger partial charge is 0.144 e. The van der Waals surface area contributed by atoms with Crippen molar-refractivity contribution >= 4 is 12.6 Å². The van der Waals surface area contributed by atoms with Gasteiger partial charge in [0.1, 0.15) is 11.5 Å². The molecule has 21 heavy (non-hydrogen) atoms. The number of likely N-dealkylation sites (tertiary alicyclic amines) is 1. The fourth-order valence-electron chi connectivity index (χ4n) is 3.75. The van der Waals surface area contributed by atoms with Crippen molar-refractivity contribution < 1.29 is 4.74 Å². The Morgan fingerprint density at radius 2 is 1.71 bits per heavy atom. The van der Waals surface area contributed by atoms with E-state index in [2.05, 4.69) is 54.9 Å². The van der Waals surface area contributed by atoms with Crippen molar-refractivity contribution in [1.82, 2.24) is 4.90 Å². The van der Waals surface area contributed by atoms with Gasteiger partial charge in [0.05, 0.1) is 0 Å². The summed E-state index contributed by atoms with van der Waals surface area (Å²) in [7, 11) is 2.20. The molecule has 2 heterocycles. The second kappa shape index (κ2) is 4.79. The Morgan fingerprint density at radius 1 is 1.00 bits per heavy atom. The summed E-state index contributed by atoms with van der Waals surface area (Å²) in [5, 5.41) is 0. The molecule has 2 nitrogen and oxygen atoms in total. The largest absolute Gasteiger partial charge is 0.456 e. The first-order valence-corrected chi connectivity index (χ1v) is 7.94. The van der Waals surface area contributed by atoms with Crippen LogP contribution in [0.25, 0.3) is 0 Å². The lowest BCUT2D eigenvalue weighted by molar-refractivity contribution is 0.201. The number of fused-ring (bicyclic) bond motifs is 4. The van der Waals surface area contributed by atoms with Crippen LogP contribution >= 0.6 is 12.6 Å². The van der Waals surface area contributed by atoms with Gasteiger partial charge in [0.25, 0.3) is 0 Å². The van der Waals surface area contributed by atoms with Gasteiger partial charge < -0.3 is 9.64 Å². The molecule has 1 saturated heterocycles. The third-order valence-electron chi connectivity index (χ3n) is 4.97. The molecule has 0 aromatic heterocycles. The number of piperidine rings is 1. The fraction of sp³-hybridized carbons (Fsp3) is 0.333. The van der Waals surface area contributed by atoms with Crippen molar-refractivity contribution in [3.05, 3.63) is 53.6 Å². The Labute approximate surface area is 131 Å². The van der Waals surface area contributed by atoms with E-state index in [1.807, 2.05) is 12.1 Å². The molecule has 1 fully saturated rings. The van der Waals surface area contributed by atoms with Crippen LogP contribution in [0.3, 0.4) is 0 Å². The van der Waals surface area contributed by atoms with Crippen molar-refractivity contribution in [2.45, 2.75) is 23.2 Å². The van der Waals surface area contributed by atoms with Crippen molar-refractivity contribution in [1.29, 1.82) is 0 Å². The molecule has 0 radical (unpaired) electrons. The van der Waals surface area contributed by atoms with Crippen molar-refractivity contribution in [2.75, 3.05) is 20.1 Å². The van der Waals surface area contributed by atoms with Crippen LogP contribution in [-0.4, -0.2) is 25.0 Å². The van der Waals surface area contributed by atoms with E-state index in [4.69, 9.17) is 4.74 Å². The molecule has 2 aromatic carbocycles. The van der Waals surface area contributed by atoms with Gasteiger partial charge in [0.2, 0.25) is 0 Å². The summed E-state index contributed by atoms with van der Waals surface area (Å²) in [6.07, 6.45) is 2.27. The van der Waals surface area contributed by atoms with Crippen LogP contribution in [0.15, 0.2) is 47.4 Å². The summed E-state index contributed by atoms with van der Waals surface area (Å²) in [5.74, 6) is 1.94. The van der Waals surface area contributed by atoms with Crippen LogP contribution in [-0.2, 0) is 5.41 Å². The summed E-state index contributed by atoms with van der Waals surface area (Å²) in [6, 6.07) is 14.8. The quantitative estimate of drug-likeness (QED) is 0.735. The van der Waals surface area contributed by atoms with E-state index in [0.29, 0.717) is 0 Å². The molecule has 4 rings (SSSR count). The van der Waals surface area contributed by atoms with Crippen LogP contribution in [0, 0.1) is 0 Å². The van der Waals surface area contributed by atoms with Gasteiger partial charge in [-0.2, -0.15) is 0 Å². The SMILES string of the molecule is CN1CCC2(CC1)c1ccccc1Oc1c(S)cccc12. The molecule has 2 aliphatic heterocycles. The molecule has 0 unspecified atom stereocenters. The standard InChI is InChI=1S/C18H19NOS/c1-19-11-9-18(10-12-19)13-5-2-3-7-15(13)20-17-14(18)6-4-8-16(17)21/h2-8,21H,9-12H2,1H3.